The summed E-state index contributed by atoms with van der Waals surface area (Å²) in [7, 11) is 0. The maximum Gasteiger partial charge on any atom is 0.191 e. The van der Waals surface area contributed by atoms with E-state index in [0.717, 1.165) is 54.8 Å². The fraction of sp³-hybridized carbons (Fsp3) is 0.471. The van der Waals surface area contributed by atoms with E-state index in [9.17, 15) is 0 Å². The molecule has 0 spiro atoms. The molecule has 2 aromatic rings. The van der Waals surface area contributed by atoms with E-state index in [2.05, 4.69) is 39.4 Å². The van der Waals surface area contributed by atoms with Crippen LogP contribution in [0.4, 0.5) is 0 Å². The fourth-order valence-electron chi connectivity index (χ4n) is 2.27. The first-order valence-electron chi connectivity index (χ1n) is 8.04. The van der Waals surface area contributed by atoms with E-state index in [-0.39, 0.29) is 24.0 Å². The zero-order valence-electron chi connectivity index (χ0n) is 14.5. The maximum absolute atomic E-state index is 4.64. The average Bonchev–Trinajstić information content (AvgIpc) is 2.86. The molecule has 0 radical (unpaired) electrons. The summed E-state index contributed by atoms with van der Waals surface area (Å²) in [6.45, 7) is 8.64. The Labute approximate surface area is 165 Å². The van der Waals surface area contributed by atoms with Gasteiger partial charge >= 0.3 is 0 Å². The summed E-state index contributed by atoms with van der Waals surface area (Å²) in [5.41, 5.74) is 2.22. The molecular formula is C17H26IN5S. The van der Waals surface area contributed by atoms with Gasteiger partial charge < -0.3 is 10.6 Å². The molecule has 0 aliphatic heterocycles. The molecule has 0 aliphatic carbocycles. The maximum atomic E-state index is 4.64. The Hall–Kier alpha value is -1.22. The predicted molar refractivity (Wildman–Crippen MR) is 113 cm³/mol. The second-order valence-electron chi connectivity index (χ2n) is 5.25. The Kier molecular flexibility index (Phi) is 9.85. The van der Waals surface area contributed by atoms with Crippen LogP contribution in [0.2, 0.25) is 0 Å². The van der Waals surface area contributed by atoms with E-state index in [1.54, 1.807) is 11.3 Å². The molecule has 0 amide bonds. The Morgan fingerprint density at radius 1 is 1.21 bits per heavy atom. The van der Waals surface area contributed by atoms with Crippen LogP contribution in [0.1, 0.15) is 28.2 Å². The molecule has 2 aromatic heterocycles. The van der Waals surface area contributed by atoms with Gasteiger partial charge in [0.2, 0.25) is 0 Å². The van der Waals surface area contributed by atoms with Gasteiger partial charge in [0.15, 0.2) is 5.96 Å². The molecule has 7 heteroatoms. The first-order valence-corrected chi connectivity index (χ1v) is 8.85. The molecule has 0 saturated heterocycles. The molecule has 5 nitrogen and oxygen atoms in total. The highest BCUT2D eigenvalue weighted by atomic mass is 127. The number of rotatable bonds is 7. The number of thiazole rings is 1. The van der Waals surface area contributed by atoms with E-state index >= 15 is 0 Å². The molecule has 132 valence electrons. The van der Waals surface area contributed by atoms with Crippen LogP contribution in [-0.4, -0.2) is 35.6 Å². The average molecular weight is 459 g/mol. The second kappa shape index (κ2) is 11.4. The van der Waals surface area contributed by atoms with Crippen LogP contribution in [0, 0.1) is 13.8 Å². The van der Waals surface area contributed by atoms with Crippen molar-refractivity contribution in [2.75, 3.05) is 19.6 Å². The SMILES string of the molecule is CCNC(=NCCc1sc(C)nc1C)NCCc1ccccn1.I. The van der Waals surface area contributed by atoms with Crippen molar-refractivity contribution < 1.29 is 0 Å². The topological polar surface area (TPSA) is 62.2 Å². The largest absolute Gasteiger partial charge is 0.357 e. The Morgan fingerprint density at radius 2 is 2.04 bits per heavy atom. The monoisotopic (exact) mass is 459 g/mol. The molecule has 0 bridgehead atoms. The minimum Gasteiger partial charge on any atom is -0.357 e. The summed E-state index contributed by atoms with van der Waals surface area (Å²) < 4.78 is 0. The first kappa shape index (κ1) is 20.8. The van der Waals surface area contributed by atoms with Gasteiger partial charge in [0, 0.05) is 49.2 Å². The Morgan fingerprint density at radius 3 is 2.67 bits per heavy atom. The van der Waals surface area contributed by atoms with E-state index in [1.165, 1.54) is 4.88 Å². The lowest BCUT2D eigenvalue weighted by Gasteiger charge is -2.11. The molecule has 0 fully saturated rings. The van der Waals surface area contributed by atoms with Crippen LogP contribution in [0.3, 0.4) is 0 Å². The Bertz CT molecular complexity index is 627. The van der Waals surface area contributed by atoms with Crippen molar-refractivity contribution >= 4 is 41.3 Å². The number of hydrogen-bond donors (Lipinski definition) is 2. The van der Waals surface area contributed by atoms with Crippen LogP contribution in [0.25, 0.3) is 0 Å². The van der Waals surface area contributed by atoms with Crippen molar-refractivity contribution in [2.45, 2.75) is 33.6 Å². The molecule has 0 aliphatic rings. The fourth-order valence-corrected chi connectivity index (χ4v) is 3.20. The van der Waals surface area contributed by atoms with Crippen molar-refractivity contribution in [3.63, 3.8) is 0 Å². The first-order chi connectivity index (χ1) is 11.2. The van der Waals surface area contributed by atoms with Gasteiger partial charge in [-0.3, -0.25) is 9.98 Å². The van der Waals surface area contributed by atoms with Crippen molar-refractivity contribution in [3.05, 3.63) is 45.7 Å². The van der Waals surface area contributed by atoms with Gasteiger partial charge in [-0.05, 0) is 32.9 Å². The van der Waals surface area contributed by atoms with E-state index < -0.39 is 0 Å². The number of nitrogens with zero attached hydrogens (tertiary/aromatic N) is 3. The molecular weight excluding hydrogens is 433 g/mol. The van der Waals surface area contributed by atoms with Crippen LogP contribution in [-0.2, 0) is 12.8 Å². The minimum absolute atomic E-state index is 0. The van der Waals surface area contributed by atoms with Gasteiger partial charge in [-0.1, -0.05) is 6.07 Å². The molecule has 2 N–H and O–H groups in total. The van der Waals surface area contributed by atoms with Gasteiger partial charge in [0.05, 0.1) is 10.7 Å². The third-order valence-electron chi connectivity index (χ3n) is 3.35. The Balaban J connectivity index is 0.00000288. The molecule has 0 unspecified atom stereocenters. The van der Waals surface area contributed by atoms with E-state index in [1.807, 2.05) is 31.3 Å². The van der Waals surface area contributed by atoms with Crippen molar-refractivity contribution in [1.82, 2.24) is 20.6 Å². The number of halogens is 1. The van der Waals surface area contributed by atoms with Gasteiger partial charge in [-0.2, -0.15) is 0 Å². The van der Waals surface area contributed by atoms with Crippen LogP contribution in [0.15, 0.2) is 29.4 Å². The van der Waals surface area contributed by atoms with Crippen molar-refractivity contribution in [1.29, 1.82) is 0 Å². The van der Waals surface area contributed by atoms with Crippen LogP contribution in [0.5, 0.6) is 0 Å². The van der Waals surface area contributed by atoms with E-state index in [4.69, 9.17) is 0 Å². The molecule has 0 saturated carbocycles. The van der Waals surface area contributed by atoms with Gasteiger partial charge in [0.1, 0.15) is 0 Å². The highest BCUT2D eigenvalue weighted by Gasteiger charge is 2.04. The van der Waals surface area contributed by atoms with Gasteiger partial charge in [-0.15, -0.1) is 35.3 Å². The number of hydrogen-bond acceptors (Lipinski definition) is 4. The number of guanidine groups is 1. The summed E-state index contributed by atoms with van der Waals surface area (Å²) in [6, 6.07) is 5.99. The zero-order chi connectivity index (χ0) is 16.5. The molecule has 2 heterocycles. The molecule has 0 atom stereocenters. The molecule has 2 rings (SSSR count). The lowest BCUT2D eigenvalue weighted by molar-refractivity contribution is 0.786. The summed E-state index contributed by atoms with van der Waals surface area (Å²) in [6.07, 6.45) is 3.65. The summed E-state index contributed by atoms with van der Waals surface area (Å²) in [5.74, 6) is 0.863. The standard InChI is InChI=1S/C17H25N5S.HI/c1-4-18-17(20-11-8-15-7-5-6-10-19-15)21-12-9-16-13(2)22-14(3)23-16;/h5-7,10H,4,8-9,11-12H2,1-3H3,(H2,18,20,21);1H. The number of nitrogens with one attached hydrogen (secondary N) is 2. The third kappa shape index (κ3) is 7.12. The number of aryl methyl sites for hydroxylation is 2. The summed E-state index contributed by atoms with van der Waals surface area (Å²) >= 11 is 1.77. The number of aliphatic imine (C=N–C) groups is 1. The quantitative estimate of drug-likeness (QED) is 0.380. The van der Waals surface area contributed by atoms with Crippen molar-refractivity contribution in [3.8, 4) is 0 Å². The van der Waals surface area contributed by atoms with Gasteiger partial charge in [0.25, 0.3) is 0 Å². The minimum atomic E-state index is 0. The normalized spacial score (nSPS) is 11.0. The van der Waals surface area contributed by atoms with Crippen LogP contribution >= 0.6 is 35.3 Å². The molecule has 24 heavy (non-hydrogen) atoms. The third-order valence-corrected chi connectivity index (χ3v) is 4.48. The predicted octanol–water partition coefficient (Wildman–Crippen LogP) is 3.11. The lowest BCUT2D eigenvalue weighted by atomic mass is 10.3. The highest BCUT2D eigenvalue weighted by Crippen LogP contribution is 2.17. The summed E-state index contributed by atoms with van der Waals surface area (Å²) in [5, 5.41) is 7.77. The van der Waals surface area contributed by atoms with Crippen molar-refractivity contribution in [2.24, 2.45) is 4.99 Å². The second-order valence-corrected chi connectivity index (χ2v) is 6.54. The molecule has 0 aromatic carbocycles. The lowest BCUT2D eigenvalue weighted by Crippen LogP contribution is -2.38. The van der Waals surface area contributed by atoms with Gasteiger partial charge in [-0.25, -0.2) is 4.98 Å². The highest BCUT2D eigenvalue weighted by molar-refractivity contribution is 14.0. The number of aromatic nitrogens is 2. The summed E-state index contributed by atoms with van der Waals surface area (Å²) in [4.78, 5) is 14.8. The number of pyridine rings is 1. The smallest absolute Gasteiger partial charge is 0.191 e. The van der Waals surface area contributed by atoms with Crippen LogP contribution < -0.4 is 10.6 Å². The zero-order valence-corrected chi connectivity index (χ0v) is 17.6. The van der Waals surface area contributed by atoms with E-state index in [0.29, 0.717) is 0 Å².